The Bertz CT molecular complexity index is 1030. The molecular formula is C21H25N3O5S. The maximum atomic E-state index is 12.9. The summed E-state index contributed by atoms with van der Waals surface area (Å²) in [6.45, 7) is 0. The third-order valence-electron chi connectivity index (χ3n) is 5.07. The molecule has 9 heteroatoms. The number of nitrogens with two attached hydrogens (primary N) is 1. The van der Waals surface area contributed by atoms with Crippen molar-refractivity contribution in [2.24, 2.45) is 5.73 Å². The van der Waals surface area contributed by atoms with Gasteiger partial charge in [-0.2, -0.15) is 0 Å². The average molecular weight is 432 g/mol. The zero-order valence-electron chi connectivity index (χ0n) is 16.7. The van der Waals surface area contributed by atoms with Crippen LogP contribution in [0.1, 0.15) is 52.8 Å². The first-order chi connectivity index (χ1) is 14.3. The molecule has 2 aromatic carbocycles. The van der Waals surface area contributed by atoms with Gasteiger partial charge in [0.05, 0.1) is 7.11 Å². The van der Waals surface area contributed by atoms with E-state index in [0.29, 0.717) is 11.3 Å². The minimum atomic E-state index is -3.85. The van der Waals surface area contributed by atoms with Crippen molar-refractivity contribution in [2.75, 3.05) is 12.4 Å². The number of carbonyl (C=O) groups excluding carboxylic acids is 2. The first kappa shape index (κ1) is 21.8. The summed E-state index contributed by atoms with van der Waals surface area (Å²) in [5, 5.41) is 2.67. The molecule has 0 heterocycles. The Labute approximate surface area is 175 Å². The highest BCUT2D eigenvalue weighted by Crippen LogP contribution is 2.27. The van der Waals surface area contributed by atoms with E-state index in [1.807, 2.05) is 0 Å². The highest BCUT2D eigenvalue weighted by atomic mass is 32.2. The molecule has 2 aromatic rings. The zero-order chi connectivity index (χ0) is 21.7. The van der Waals surface area contributed by atoms with Crippen molar-refractivity contribution in [3.8, 4) is 5.75 Å². The number of nitrogens with one attached hydrogen (secondary N) is 2. The van der Waals surface area contributed by atoms with Crippen LogP contribution in [0.2, 0.25) is 0 Å². The monoisotopic (exact) mass is 431 g/mol. The summed E-state index contributed by atoms with van der Waals surface area (Å²) in [6.07, 6.45) is 4.67. The van der Waals surface area contributed by atoms with Gasteiger partial charge >= 0.3 is 0 Å². The summed E-state index contributed by atoms with van der Waals surface area (Å²) < 4.78 is 33.8. The van der Waals surface area contributed by atoms with E-state index in [9.17, 15) is 18.0 Å². The number of carbonyl (C=O) groups is 2. The van der Waals surface area contributed by atoms with Gasteiger partial charge in [0.15, 0.2) is 0 Å². The van der Waals surface area contributed by atoms with E-state index >= 15 is 0 Å². The number of anilines is 1. The summed E-state index contributed by atoms with van der Waals surface area (Å²) in [5.74, 6) is -0.886. The van der Waals surface area contributed by atoms with Gasteiger partial charge < -0.3 is 15.8 Å². The Balaban J connectivity index is 1.82. The summed E-state index contributed by atoms with van der Waals surface area (Å²) in [6, 6.07) is 10.2. The number of primary amides is 1. The summed E-state index contributed by atoms with van der Waals surface area (Å²) in [4.78, 5) is 23.7. The molecule has 0 atom stereocenters. The number of hydrogen-bond donors (Lipinski definition) is 3. The molecule has 8 nitrogen and oxygen atoms in total. The van der Waals surface area contributed by atoms with Crippen LogP contribution in [0, 0.1) is 0 Å². The second-order valence-corrected chi connectivity index (χ2v) is 8.90. The third kappa shape index (κ3) is 5.17. The van der Waals surface area contributed by atoms with Crippen LogP contribution in [0.3, 0.4) is 0 Å². The zero-order valence-corrected chi connectivity index (χ0v) is 17.5. The first-order valence-electron chi connectivity index (χ1n) is 9.72. The van der Waals surface area contributed by atoms with Crippen molar-refractivity contribution in [2.45, 2.75) is 43.0 Å². The van der Waals surface area contributed by atoms with Crippen LogP contribution in [0.4, 0.5) is 5.69 Å². The maximum absolute atomic E-state index is 12.9. The summed E-state index contributed by atoms with van der Waals surface area (Å²) >= 11 is 0. The largest absolute Gasteiger partial charge is 0.495 e. The fourth-order valence-corrected chi connectivity index (χ4v) is 4.95. The molecule has 0 spiro atoms. The van der Waals surface area contributed by atoms with Gasteiger partial charge in [0, 0.05) is 22.9 Å². The molecule has 160 valence electrons. The highest BCUT2D eigenvalue weighted by Gasteiger charge is 2.26. The third-order valence-corrected chi connectivity index (χ3v) is 6.61. The molecule has 1 saturated carbocycles. The second-order valence-electron chi connectivity index (χ2n) is 7.22. The molecule has 3 rings (SSSR count). The molecular weight excluding hydrogens is 406 g/mol. The fraction of sp³-hybridized carbons (Fsp3) is 0.333. The van der Waals surface area contributed by atoms with Gasteiger partial charge in [-0.15, -0.1) is 0 Å². The minimum absolute atomic E-state index is 0.0766. The Hall–Kier alpha value is -2.91. The summed E-state index contributed by atoms with van der Waals surface area (Å²) in [5.41, 5.74) is 6.14. The standard InChI is InChI=1S/C21H25N3O5S/c1-29-18-12-9-15(21(26)23-16-10-7-14(8-11-16)20(22)25)13-19(18)30(27,28)24-17-5-3-2-4-6-17/h7-13,17,24H,2-6H2,1H3,(H2,22,25)(H,23,26). The Morgan fingerprint density at radius 2 is 1.63 bits per heavy atom. The predicted molar refractivity (Wildman–Crippen MR) is 113 cm³/mol. The van der Waals surface area contributed by atoms with Crippen LogP contribution in [0.5, 0.6) is 5.75 Å². The number of benzene rings is 2. The van der Waals surface area contributed by atoms with Gasteiger partial charge in [0.25, 0.3) is 5.91 Å². The topological polar surface area (TPSA) is 128 Å². The normalized spacial score (nSPS) is 14.8. The molecule has 1 aliphatic carbocycles. The van der Waals surface area contributed by atoms with Crippen molar-refractivity contribution in [1.29, 1.82) is 0 Å². The predicted octanol–water partition coefficient (Wildman–Crippen LogP) is 2.66. The van der Waals surface area contributed by atoms with Crippen molar-refractivity contribution in [3.05, 3.63) is 53.6 Å². The van der Waals surface area contributed by atoms with Crippen molar-refractivity contribution in [3.63, 3.8) is 0 Å². The molecule has 0 saturated heterocycles. The lowest BCUT2D eigenvalue weighted by molar-refractivity contribution is 0.0998. The molecule has 0 aliphatic heterocycles. The molecule has 4 N–H and O–H groups in total. The fourth-order valence-electron chi connectivity index (χ4n) is 3.45. The summed E-state index contributed by atoms with van der Waals surface area (Å²) in [7, 11) is -2.47. The molecule has 1 aliphatic rings. The van der Waals surface area contributed by atoms with Crippen LogP contribution < -0.4 is 20.5 Å². The maximum Gasteiger partial charge on any atom is 0.255 e. The van der Waals surface area contributed by atoms with Crippen LogP contribution >= 0.6 is 0 Å². The van der Waals surface area contributed by atoms with Gasteiger partial charge in [-0.05, 0) is 55.3 Å². The molecule has 0 bridgehead atoms. The minimum Gasteiger partial charge on any atom is -0.495 e. The number of amides is 2. The van der Waals surface area contributed by atoms with Crippen molar-refractivity contribution in [1.82, 2.24) is 4.72 Å². The molecule has 30 heavy (non-hydrogen) atoms. The average Bonchev–Trinajstić information content (AvgIpc) is 2.74. The Kier molecular flexibility index (Phi) is 6.73. The smallest absolute Gasteiger partial charge is 0.255 e. The molecule has 0 aromatic heterocycles. The molecule has 2 amide bonds. The van der Waals surface area contributed by atoms with Gasteiger partial charge in [-0.1, -0.05) is 19.3 Å². The van der Waals surface area contributed by atoms with E-state index < -0.39 is 21.8 Å². The second kappa shape index (κ2) is 9.27. The van der Waals surface area contributed by atoms with Crippen molar-refractivity contribution < 1.29 is 22.7 Å². The lowest BCUT2D eigenvalue weighted by Gasteiger charge is -2.23. The molecule has 0 radical (unpaired) electrons. The van der Waals surface area contributed by atoms with E-state index in [1.165, 1.54) is 37.4 Å². The van der Waals surface area contributed by atoms with Crippen molar-refractivity contribution >= 4 is 27.5 Å². The van der Waals surface area contributed by atoms with Gasteiger partial charge in [-0.25, -0.2) is 13.1 Å². The SMILES string of the molecule is COc1ccc(C(=O)Nc2ccc(C(N)=O)cc2)cc1S(=O)(=O)NC1CCCCC1. The van der Waals surface area contributed by atoms with Crippen LogP contribution in [0.25, 0.3) is 0 Å². The van der Waals surface area contributed by atoms with E-state index in [2.05, 4.69) is 10.0 Å². The quantitative estimate of drug-likeness (QED) is 0.621. The lowest BCUT2D eigenvalue weighted by atomic mass is 9.96. The van der Waals surface area contributed by atoms with Gasteiger partial charge in [0.2, 0.25) is 15.9 Å². The van der Waals surface area contributed by atoms with E-state index in [-0.39, 0.29) is 22.3 Å². The number of hydrogen-bond acceptors (Lipinski definition) is 5. The van der Waals surface area contributed by atoms with E-state index in [1.54, 1.807) is 12.1 Å². The van der Waals surface area contributed by atoms with E-state index in [4.69, 9.17) is 10.5 Å². The van der Waals surface area contributed by atoms with Crippen LogP contribution in [0.15, 0.2) is 47.4 Å². The van der Waals surface area contributed by atoms with Gasteiger partial charge in [-0.3, -0.25) is 9.59 Å². The number of sulfonamides is 1. The van der Waals surface area contributed by atoms with Gasteiger partial charge in [0.1, 0.15) is 10.6 Å². The Morgan fingerprint density at radius 1 is 1.00 bits per heavy atom. The number of ether oxygens (including phenoxy) is 1. The first-order valence-corrected chi connectivity index (χ1v) is 11.2. The number of methoxy groups -OCH3 is 1. The molecule has 0 unspecified atom stereocenters. The highest BCUT2D eigenvalue weighted by molar-refractivity contribution is 7.89. The number of rotatable bonds is 7. The molecule has 1 fully saturated rings. The van der Waals surface area contributed by atoms with Crippen LogP contribution in [-0.2, 0) is 10.0 Å². The van der Waals surface area contributed by atoms with Crippen LogP contribution in [-0.4, -0.2) is 33.4 Å². The van der Waals surface area contributed by atoms with E-state index in [0.717, 1.165) is 32.1 Å². The Morgan fingerprint density at radius 3 is 2.23 bits per heavy atom. The lowest BCUT2D eigenvalue weighted by Crippen LogP contribution is -2.36.